The van der Waals surface area contributed by atoms with Gasteiger partial charge in [0.2, 0.25) is 0 Å². The van der Waals surface area contributed by atoms with Crippen LogP contribution in [-0.4, -0.2) is 74.5 Å². The summed E-state index contributed by atoms with van der Waals surface area (Å²) in [7, 11) is 6.59. The van der Waals surface area contributed by atoms with Gasteiger partial charge < -0.3 is 9.80 Å². The van der Waals surface area contributed by atoms with E-state index in [4.69, 9.17) is 0 Å². The molecule has 1 saturated carbocycles. The average Bonchev–Trinajstić information content (AvgIpc) is 2.93. The maximum Gasteiger partial charge on any atom is 0.170 e. The van der Waals surface area contributed by atoms with E-state index < -0.39 is 11.0 Å². The minimum absolute atomic E-state index is 0.0956. The molecule has 0 aromatic heterocycles. The number of carbonyl (C=O) groups is 1. The Morgan fingerprint density at radius 3 is 1.91 bits per heavy atom. The molecule has 33 heavy (non-hydrogen) atoms. The van der Waals surface area contributed by atoms with Crippen molar-refractivity contribution in [3.63, 3.8) is 0 Å². The standard InChI is InChI=1S/C28H38N4O/c1-26(19-30(2)15-16-31(3)20-26)24-17-27(22-11-7-5-8-12-22)21-32(4)29-28(18-24,25(27)33)23-13-9-6-10-14-23/h5-14,24,29H,15-21H2,1-4H3. The first-order valence-electron chi connectivity index (χ1n) is 12.3. The second kappa shape index (κ2) is 8.31. The number of rotatable bonds is 3. The van der Waals surface area contributed by atoms with Gasteiger partial charge in [-0.2, -0.15) is 0 Å². The van der Waals surface area contributed by atoms with Crippen LogP contribution in [-0.2, 0) is 15.7 Å². The number of ketones is 1. The predicted octanol–water partition coefficient (Wildman–Crippen LogP) is 3.13. The van der Waals surface area contributed by atoms with Crippen molar-refractivity contribution in [3.8, 4) is 0 Å². The van der Waals surface area contributed by atoms with Gasteiger partial charge >= 0.3 is 0 Å². The summed E-state index contributed by atoms with van der Waals surface area (Å²) < 4.78 is 0. The lowest BCUT2D eigenvalue weighted by atomic mass is 9.51. The average molecular weight is 447 g/mol. The summed E-state index contributed by atoms with van der Waals surface area (Å²) in [5.74, 6) is 0.737. The number of hydrazine groups is 1. The molecule has 3 fully saturated rings. The number of fused-ring (bicyclic) bond motifs is 2. The second-order valence-corrected chi connectivity index (χ2v) is 11.3. The van der Waals surface area contributed by atoms with E-state index in [-0.39, 0.29) is 5.41 Å². The molecule has 5 heteroatoms. The number of nitrogens with zero attached hydrogens (tertiary/aromatic N) is 3. The molecule has 3 unspecified atom stereocenters. The molecule has 176 valence electrons. The van der Waals surface area contributed by atoms with Gasteiger partial charge in [0.15, 0.2) is 5.78 Å². The van der Waals surface area contributed by atoms with Gasteiger partial charge in [-0.3, -0.25) is 4.79 Å². The van der Waals surface area contributed by atoms with Crippen LogP contribution in [0.4, 0.5) is 0 Å². The highest BCUT2D eigenvalue weighted by Gasteiger charge is 2.63. The molecule has 3 aliphatic rings. The molecule has 0 radical (unpaired) electrons. The SMILES string of the molecule is CN1CCN(C)CC(C)(C2CC3(c4ccccc4)CN(C)NC(c4ccccc4)(C2)C3=O)C1. The molecule has 5 nitrogen and oxygen atoms in total. The molecule has 5 rings (SSSR count). The summed E-state index contributed by atoms with van der Waals surface area (Å²) in [6.45, 7) is 7.45. The Labute approximate surface area is 198 Å². The first kappa shape index (κ1) is 22.7. The first-order chi connectivity index (χ1) is 15.8. The van der Waals surface area contributed by atoms with Crippen LogP contribution in [0.1, 0.15) is 30.9 Å². The summed E-state index contributed by atoms with van der Waals surface area (Å²) in [4.78, 5) is 19.6. The lowest BCUT2D eigenvalue weighted by Gasteiger charge is -2.59. The fraction of sp³-hybridized carbons (Fsp3) is 0.536. The molecule has 0 amide bonds. The number of likely N-dealkylation sites (N-methyl/N-ethyl adjacent to an activating group) is 3. The van der Waals surface area contributed by atoms with Crippen LogP contribution in [0.5, 0.6) is 0 Å². The molecular formula is C28H38N4O. The Balaban J connectivity index is 1.68. The van der Waals surface area contributed by atoms with Crippen LogP contribution < -0.4 is 5.43 Å². The molecular weight excluding hydrogens is 408 g/mol. The number of hydrogen-bond donors (Lipinski definition) is 1. The highest BCUT2D eigenvalue weighted by Crippen LogP contribution is 2.55. The molecule has 0 spiro atoms. The van der Waals surface area contributed by atoms with Crippen molar-refractivity contribution in [3.05, 3.63) is 71.8 Å². The Morgan fingerprint density at radius 1 is 0.788 bits per heavy atom. The van der Waals surface area contributed by atoms with Crippen LogP contribution in [0, 0.1) is 11.3 Å². The minimum Gasteiger partial charge on any atom is -0.304 e. The number of carbonyl (C=O) groups excluding carboxylic acids is 1. The van der Waals surface area contributed by atoms with Crippen LogP contribution >= 0.6 is 0 Å². The van der Waals surface area contributed by atoms with Crippen molar-refractivity contribution in [2.75, 3.05) is 53.9 Å². The van der Waals surface area contributed by atoms with Gasteiger partial charge in [-0.1, -0.05) is 67.6 Å². The summed E-state index contributed by atoms with van der Waals surface area (Å²) >= 11 is 0. The molecule has 1 N–H and O–H groups in total. The third-order valence-corrected chi connectivity index (χ3v) is 8.56. The summed E-state index contributed by atoms with van der Waals surface area (Å²) in [6.07, 6.45) is 1.72. The van der Waals surface area contributed by atoms with Gasteiger partial charge in [0.05, 0.1) is 5.41 Å². The Kier molecular flexibility index (Phi) is 5.73. The largest absolute Gasteiger partial charge is 0.304 e. The highest BCUT2D eigenvalue weighted by molar-refractivity contribution is 6.00. The maximum atomic E-state index is 14.6. The summed E-state index contributed by atoms with van der Waals surface area (Å²) in [5.41, 5.74) is 4.82. The third-order valence-electron chi connectivity index (χ3n) is 8.56. The molecule has 2 bridgehead atoms. The second-order valence-electron chi connectivity index (χ2n) is 11.3. The first-order valence-corrected chi connectivity index (χ1v) is 12.3. The van der Waals surface area contributed by atoms with E-state index in [1.54, 1.807) is 0 Å². The zero-order valence-electron chi connectivity index (χ0n) is 20.6. The van der Waals surface area contributed by atoms with Crippen LogP contribution in [0.15, 0.2) is 60.7 Å². The fourth-order valence-corrected chi connectivity index (χ4v) is 7.13. The van der Waals surface area contributed by atoms with E-state index in [1.807, 2.05) is 6.07 Å². The van der Waals surface area contributed by atoms with Crippen molar-refractivity contribution >= 4 is 5.78 Å². The number of nitrogens with one attached hydrogen (secondary N) is 1. The zero-order valence-corrected chi connectivity index (χ0v) is 20.6. The molecule has 1 aliphatic carbocycles. The van der Waals surface area contributed by atoms with Crippen molar-refractivity contribution in [1.29, 1.82) is 0 Å². The molecule has 2 aliphatic heterocycles. The quantitative estimate of drug-likeness (QED) is 0.784. The van der Waals surface area contributed by atoms with E-state index in [0.717, 1.165) is 50.1 Å². The Hall–Kier alpha value is -2.05. The predicted molar refractivity (Wildman–Crippen MR) is 133 cm³/mol. The van der Waals surface area contributed by atoms with Gasteiger partial charge in [-0.25, -0.2) is 10.4 Å². The van der Waals surface area contributed by atoms with Gasteiger partial charge in [0.1, 0.15) is 5.54 Å². The van der Waals surface area contributed by atoms with E-state index >= 15 is 0 Å². The van der Waals surface area contributed by atoms with Crippen molar-refractivity contribution < 1.29 is 4.79 Å². The summed E-state index contributed by atoms with van der Waals surface area (Å²) in [6, 6.07) is 21.0. The number of benzene rings is 2. The minimum atomic E-state index is -0.709. The molecule has 2 saturated heterocycles. The smallest absolute Gasteiger partial charge is 0.170 e. The van der Waals surface area contributed by atoms with Gasteiger partial charge in [-0.05, 0) is 49.4 Å². The fourth-order valence-electron chi connectivity index (χ4n) is 7.13. The van der Waals surface area contributed by atoms with Gasteiger partial charge in [0, 0.05) is 39.8 Å². The van der Waals surface area contributed by atoms with E-state index in [2.05, 4.69) is 103 Å². The summed E-state index contributed by atoms with van der Waals surface area (Å²) in [5, 5.41) is 2.17. The van der Waals surface area contributed by atoms with Crippen LogP contribution in [0.2, 0.25) is 0 Å². The Bertz CT molecular complexity index is 922. The van der Waals surface area contributed by atoms with Crippen molar-refractivity contribution in [2.24, 2.45) is 11.3 Å². The van der Waals surface area contributed by atoms with E-state index in [0.29, 0.717) is 18.2 Å². The monoisotopic (exact) mass is 446 g/mol. The van der Waals surface area contributed by atoms with Crippen LogP contribution in [0.3, 0.4) is 0 Å². The third kappa shape index (κ3) is 3.75. The molecule has 2 aromatic rings. The van der Waals surface area contributed by atoms with Crippen molar-refractivity contribution in [1.82, 2.24) is 20.2 Å². The molecule has 2 heterocycles. The van der Waals surface area contributed by atoms with E-state index in [1.165, 1.54) is 0 Å². The van der Waals surface area contributed by atoms with Gasteiger partial charge in [0.25, 0.3) is 0 Å². The van der Waals surface area contributed by atoms with Gasteiger partial charge in [-0.15, -0.1) is 0 Å². The lowest BCUT2D eigenvalue weighted by molar-refractivity contribution is -0.153. The normalized spacial score (nSPS) is 33.6. The molecule has 3 atom stereocenters. The van der Waals surface area contributed by atoms with Crippen LogP contribution in [0.25, 0.3) is 0 Å². The Morgan fingerprint density at radius 2 is 1.33 bits per heavy atom. The molecule has 2 aromatic carbocycles. The maximum absolute atomic E-state index is 14.6. The number of Topliss-reactive ketones (excluding diaryl/α,β-unsaturated/α-hetero) is 1. The zero-order chi connectivity index (χ0) is 23.3. The topological polar surface area (TPSA) is 38.8 Å². The highest BCUT2D eigenvalue weighted by atomic mass is 16.1. The van der Waals surface area contributed by atoms with E-state index in [9.17, 15) is 4.79 Å². The van der Waals surface area contributed by atoms with Crippen molar-refractivity contribution in [2.45, 2.75) is 30.7 Å². The lowest BCUT2D eigenvalue weighted by Crippen LogP contribution is -2.73. The number of hydrogen-bond acceptors (Lipinski definition) is 5.